The van der Waals surface area contributed by atoms with Crippen molar-refractivity contribution in [3.05, 3.63) is 47.7 Å². The second kappa shape index (κ2) is 10.7. The van der Waals surface area contributed by atoms with Crippen LogP contribution in [-0.2, 0) is 11.2 Å². The maximum absolute atomic E-state index is 16.8. The summed E-state index contributed by atoms with van der Waals surface area (Å²) in [5.41, 5.74) is -0.00502. The number of pyridine rings is 1. The molecule has 1 spiro atoms. The lowest BCUT2D eigenvalue weighted by molar-refractivity contribution is 0.0231. The molecule has 0 radical (unpaired) electrons. The van der Waals surface area contributed by atoms with Gasteiger partial charge in [0.1, 0.15) is 41.4 Å². The Bertz CT molecular complexity index is 1820. The fraction of sp³-hybridized carbons (Fsp3) is 0.500. The molecule has 1 unspecified atom stereocenters. The third kappa shape index (κ3) is 4.69. The van der Waals surface area contributed by atoms with Crippen molar-refractivity contribution in [3.63, 3.8) is 0 Å². The Balaban J connectivity index is 1.26. The second-order valence-corrected chi connectivity index (χ2v) is 13.2. The van der Waals surface area contributed by atoms with Gasteiger partial charge in [0.15, 0.2) is 5.82 Å². The van der Waals surface area contributed by atoms with Gasteiger partial charge in [-0.15, -0.1) is 0 Å². The molecule has 2 aromatic heterocycles. The van der Waals surface area contributed by atoms with Gasteiger partial charge in [0.2, 0.25) is 0 Å². The molecule has 8 rings (SSSR count). The topological polar surface area (TPSA) is 83.8 Å². The number of aromatic hydroxyl groups is 1. The number of rotatable bonds is 6. The number of nitrogens with zero attached hydrogens (tertiary/aromatic N) is 5. The predicted molar refractivity (Wildman–Crippen MR) is 165 cm³/mol. The average molecular weight is 620 g/mol. The second-order valence-electron chi connectivity index (χ2n) is 13.2. The van der Waals surface area contributed by atoms with Crippen molar-refractivity contribution in [3.8, 4) is 23.0 Å². The Labute approximate surface area is 259 Å². The third-order valence-corrected chi connectivity index (χ3v) is 10.4. The van der Waals surface area contributed by atoms with Gasteiger partial charge in [-0.25, -0.2) is 13.2 Å². The number of alkyl halides is 1. The molecular formula is C34H36F3N5O3. The molecule has 4 saturated heterocycles. The van der Waals surface area contributed by atoms with Crippen molar-refractivity contribution in [2.75, 3.05) is 44.3 Å². The Morgan fingerprint density at radius 1 is 1.11 bits per heavy atom. The van der Waals surface area contributed by atoms with E-state index in [9.17, 15) is 13.9 Å². The molecular weight excluding hydrogens is 583 g/mol. The lowest BCUT2D eigenvalue weighted by Crippen LogP contribution is -2.43. The lowest BCUT2D eigenvalue weighted by Gasteiger charge is -2.31. The van der Waals surface area contributed by atoms with Gasteiger partial charge in [0.05, 0.1) is 16.5 Å². The molecule has 6 heterocycles. The zero-order chi connectivity index (χ0) is 30.9. The molecule has 1 N–H and O–H groups in total. The van der Waals surface area contributed by atoms with E-state index in [1.54, 1.807) is 12.3 Å². The van der Waals surface area contributed by atoms with Gasteiger partial charge < -0.3 is 19.5 Å². The Morgan fingerprint density at radius 2 is 2.00 bits per heavy atom. The zero-order valence-corrected chi connectivity index (χ0v) is 25.3. The van der Waals surface area contributed by atoms with Crippen LogP contribution in [-0.4, -0.2) is 81.7 Å². The largest absolute Gasteiger partial charge is 0.508 e. The van der Waals surface area contributed by atoms with Crippen molar-refractivity contribution in [2.24, 2.45) is 0 Å². The molecule has 11 heteroatoms. The number of ether oxygens (including phenoxy) is 2. The lowest BCUT2D eigenvalue weighted by atomic mass is 9.94. The van der Waals surface area contributed by atoms with Gasteiger partial charge >= 0.3 is 6.01 Å². The fourth-order valence-corrected chi connectivity index (χ4v) is 8.30. The van der Waals surface area contributed by atoms with Crippen LogP contribution in [0.4, 0.5) is 19.0 Å². The van der Waals surface area contributed by atoms with Crippen LogP contribution < -0.4 is 9.64 Å². The molecule has 4 aromatic rings. The molecule has 236 valence electrons. The van der Waals surface area contributed by atoms with E-state index in [0.29, 0.717) is 60.0 Å². The van der Waals surface area contributed by atoms with Crippen molar-refractivity contribution in [1.82, 2.24) is 19.9 Å². The number of hydrogen-bond donors (Lipinski definition) is 1. The first kappa shape index (κ1) is 28.8. The first-order valence-electron chi connectivity index (χ1n) is 16.0. The van der Waals surface area contributed by atoms with Crippen LogP contribution in [0.15, 0.2) is 30.5 Å². The van der Waals surface area contributed by atoms with Gasteiger partial charge in [-0.05, 0) is 79.6 Å². The number of hydrogen-bond acceptors (Lipinski definition) is 8. The summed E-state index contributed by atoms with van der Waals surface area (Å²) in [6.07, 6.45) is 5.99. The Kier molecular flexibility index (Phi) is 6.83. The maximum atomic E-state index is 16.8. The van der Waals surface area contributed by atoms with E-state index in [0.717, 1.165) is 45.3 Å². The molecule has 4 aliphatic heterocycles. The smallest absolute Gasteiger partial charge is 0.319 e. The molecule has 3 atom stereocenters. The van der Waals surface area contributed by atoms with Gasteiger partial charge in [0, 0.05) is 44.4 Å². The van der Waals surface area contributed by atoms with Crippen LogP contribution in [0.2, 0.25) is 0 Å². The number of phenols is 1. The number of phenolic OH excluding ortho intramolecular Hbond substituents is 1. The summed E-state index contributed by atoms with van der Waals surface area (Å²) in [7, 11) is 0. The molecule has 45 heavy (non-hydrogen) atoms. The summed E-state index contributed by atoms with van der Waals surface area (Å²) < 4.78 is 58.6. The van der Waals surface area contributed by atoms with E-state index in [-0.39, 0.29) is 40.7 Å². The normalized spacial score (nSPS) is 26.6. The minimum atomic E-state index is -0.907. The highest BCUT2D eigenvalue weighted by Gasteiger charge is 2.49. The van der Waals surface area contributed by atoms with Crippen molar-refractivity contribution in [2.45, 2.75) is 69.2 Å². The number of fused-ring (bicyclic) bond motifs is 3. The van der Waals surface area contributed by atoms with E-state index in [1.165, 1.54) is 18.2 Å². The molecule has 4 fully saturated rings. The van der Waals surface area contributed by atoms with Crippen LogP contribution in [0.5, 0.6) is 11.8 Å². The highest BCUT2D eigenvalue weighted by molar-refractivity contribution is 6.01. The van der Waals surface area contributed by atoms with E-state index < -0.39 is 23.3 Å². The average Bonchev–Trinajstić information content (AvgIpc) is 3.81. The third-order valence-electron chi connectivity index (χ3n) is 10.4. The van der Waals surface area contributed by atoms with Gasteiger partial charge in [-0.2, -0.15) is 9.97 Å². The van der Waals surface area contributed by atoms with Crippen LogP contribution in [0.25, 0.3) is 32.9 Å². The van der Waals surface area contributed by atoms with E-state index in [2.05, 4.69) is 19.8 Å². The minimum Gasteiger partial charge on any atom is -0.508 e. The zero-order valence-electron chi connectivity index (χ0n) is 25.3. The first-order valence-corrected chi connectivity index (χ1v) is 16.0. The SMILES string of the molecule is CCc1c(F)ccc2cc(O)cc(-c3ncc4c(N5CCC6(CCCO6)C5)nc(OC[C@@]56CCCN5C[C@H](F)C6)nc4c3F)c12. The number of aryl methyl sites for hydroxylation is 1. The molecule has 0 saturated carbocycles. The monoisotopic (exact) mass is 619 g/mol. The van der Waals surface area contributed by atoms with Crippen LogP contribution >= 0.6 is 0 Å². The number of anilines is 1. The van der Waals surface area contributed by atoms with Crippen LogP contribution in [0, 0.1) is 11.6 Å². The summed E-state index contributed by atoms with van der Waals surface area (Å²) in [6, 6.07) is 5.90. The van der Waals surface area contributed by atoms with E-state index in [1.807, 2.05) is 6.92 Å². The molecule has 0 bridgehead atoms. The molecule has 0 aliphatic carbocycles. The Hall–Kier alpha value is -3.70. The quantitative estimate of drug-likeness (QED) is 0.277. The fourth-order valence-electron chi connectivity index (χ4n) is 8.30. The van der Waals surface area contributed by atoms with Crippen LogP contribution in [0.3, 0.4) is 0 Å². The van der Waals surface area contributed by atoms with Gasteiger partial charge in [0.25, 0.3) is 0 Å². The van der Waals surface area contributed by atoms with Gasteiger partial charge in [-0.3, -0.25) is 9.88 Å². The predicted octanol–water partition coefficient (Wildman–Crippen LogP) is 6.11. The number of aromatic nitrogens is 3. The Morgan fingerprint density at radius 3 is 2.82 bits per heavy atom. The summed E-state index contributed by atoms with van der Waals surface area (Å²) in [5.74, 6) is -0.687. The molecule has 8 nitrogen and oxygen atoms in total. The maximum Gasteiger partial charge on any atom is 0.319 e. The molecule has 4 aliphatic rings. The first-order chi connectivity index (χ1) is 21.8. The molecule has 0 amide bonds. The minimum absolute atomic E-state index is 0.0198. The van der Waals surface area contributed by atoms with Crippen molar-refractivity contribution < 1.29 is 27.8 Å². The van der Waals surface area contributed by atoms with E-state index in [4.69, 9.17) is 14.5 Å². The summed E-state index contributed by atoms with van der Waals surface area (Å²) in [4.78, 5) is 18.2. The van der Waals surface area contributed by atoms with Gasteiger partial charge in [-0.1, -0.05) is 13.0 Å². The summed E-state index contributed by atoms with van der Waals surface area (Å²) in [6.45, 7) is 5.27. The highest BCUT2D eigenvalue weighted by atomic mass is 19.1. The highest BCUT2D eigenvalue weighted by Crippen LogP contribution is 2.43. The molecule has 2 aromatic carbocycles. The van der Waals surface area contributed by atoms with Crippen molar-refractivity contribution >= 4 is 27.5 Å². The summed E-state index contributed by atoms with van der Waals surface area (Å²) in [5, 5.41) is 12.1. The standard InChI is InChI=1S/C34H36F3N5O3/c1-2-23-26(36)6-5-20-13-22(43)14-24(27(20)23)29-28(37)30-25(16-38-29)31(41-11-9-34(18-41)8-4-12-45-34)40-32(39-30)44-19-33-7-3-10-42(33)17-21(35)15-33/h5-6,13-14,16,21,43H,2-4,7-12,15,17-19H2,1H3/t21-,33+,34?/m1/s1. The van der Waals surface area contributed by atoms with Crippen molar-refractivity contribution in [1.29, 1.82) is 0 Å². The number of halogens is 3. The number of benzene rings is 2. The van der Waals surface area contributed by atoms with Crippen LogP contribution in [0.1, 0.15) is 51.0 Å². The summed E-state index contributed by atoms with van der Waals surface area (Å²) >= 11 is 0. The van der Waals surface area contributed by atoms with E-state index >= 15 is 4.39 Å².